The van der Waals surface area contributed by atoms with Gasteiger partial charge in [-0.1, -0.05) is 49.8 Å². The minimum absolute atomic E-state index is 0.00969. The van der Waals surface area contributed by atoms with Crippen LogP contribution in [0, 0.1) is 5.41 Å². The third-order valence-corrected chi connectivity index (χ3v) is 3.84. The van der Waals surface area contributed by atoms with Crippen molar-refractivity contribution in [3.05, 3.63) is 58.9 Å². The first-order valence-electron chi connectivity index (χ1n) is 7.59. The van der Waals surface area contributed by atoms with Crippen LogP contribution < -0.4 is 0 Å². The van der Waals surface area contributed by atoms with E-state index in [0.29, 0.717) is 11.3 Å². The molecule has 0 aromatic carbocycles. The summed E-state index contributed by atoms with van der Waals surface area (Å²) in [6.07, 6.45) is 13.5. The van der Waals surface area contributed by atoms with E-state index in [2.05, 4.69) is 13.8 Å². The first-order chi connectivity index (χ1) is 10.2. The topological polar surface area (TPSA) is 57.5 Å². The summed E-state index contributed by atoms with van der Waals surface area (Å²) >= 11 is 0. The Labute approximate surface area is 133 Å². The summed E-state index contributed by atoms with van der Waals surface area (Å²) in [6, 6.07) is 0. The fourth-order valence-electron chi connectivity index (χ4n) is 2.54. The minimum Gasteiger partial charge on any atom is -0.512 e. The van der Waals surface area contributed by atoms with E-state index in [1.807, 2.05) is 31.2 Å². The van der Waals surface area contributed by atoms with Crippen molar-refractivity contribution in [1.29, 1.82) is 0 Å². The molecule has 3 heteroatoms. The maximum absolute atomic E-state index is 10.5. The molecule has 1 aliphatic rings. The predicted octanol–water partition coefficient (Wildman–Crippen LogP) is 5.10. The van der Waals surface area contributed by atoms with Gasteiger partial charge in [0.15, 0.2) is 0 Å². The molecule has 0 aromatic heterocycles. The maximum atomic E-state index is 10.5. The second kappa shape index (κ2) is 7.83. The largest absolute Gasteiger partial charge is 0.512 e. The molecule has 0 aliphatic heterocycles. The monoisotopic (exact) mass is 302 g/mol. The van der Waals surface area contributed by atoms with Gasteiger partial charge in [-0.05, 0) is 43.3 Å². The van der Waals surface area contributed by atoms with E-state index in [-0.39, 0.29) is 5.41 Å². The zero-order valence-corrected chi connectivity index (χ0v) is 13.9. The number of hydrogen-bond acceptors (Lipinski definition) is 2. The molecule has 3 nitrogen and oxygen atoms in total. The lowest BCUT2D eigenvalue weighted by molar-refractivity contribution is -0.131. The molecule has 0 radical (unpaired) electrons. The first-order valence-corrected chi connectivity index (χ1v) is 7.59. The number of rotatable bonds is 5. The van der Waals surface area contributed by atoms with Gasteiger partial charge in [-0.25, -0.2) is 4.79 Å². The Kier molecular flexibility index (Phi) is 6.41. The van der Waals surface area contributed by atoms with E-state index in [1.54, 1.807) is 13.0 Å². The molecule has 0 aromatic rings. The average Bonchev–Trinajstić information content (AvgIpc) is 2.36. The van der Waals surface area contributed by atoms with Crippen LogP contribution in [0.1, 0.15) is 47.0 Å². The molecule has 0 saturated heterocycles. The molecule has 0 spiro atoms. The van der Waals surface area contributed by atoms with Crippen LogP contribution in [0.2, 0.25) is 0 Å². The Hall–Kier alpha value is -2.03. The molecule has 0 heterocycles. The van der Waals surface area contributed by atoms with Crippen molar-refractivity contribution < 1.29 is 15.0 Å². The third-order valence-electron chi connectivity index (χ3n) is 3.84. The van der Waals surface area contributed by atoms with Gasteiger partial charge in [-0.2, -0.15) is 0 Å². The number of allylic oxidation sites excluding steroid dienone is 9. The Morgan fingerprint density at radius 2 is 1.86 bits per heavy atom. The smallest absolute Gasteiger partial charge is 0.328 e. The first kappa shape index (κ1) is 18.0. The summed E-state index contributed by atoms with van der Waals surface area (Å²) in [4.78, 5) is 10.5. The standard InChI is InChI=1S/C19H26O3/c1-14(7-5-8-15(2)13-18(21)22)10-11-16-17(20)9-6-12-19(16,3)4/h5,7-8,10-11,13,20H,6,9,12H2,1-4H3,(H,21,22)/b8-5+,11-10+,14-7+,15-13+. The van der Waals surface area contributed by atoms with Crippen molar-refractivity contribution in [1.82, 2.24) is 0 Å². The zero-order chi connectivity index (χ0) is 16.8. The number of carbonyl (C=O) groups is 1. The van der Waals surface area contributed by atoms with Crippen LogP contribution in [0.3, 0.4) is 0 Å². The SMILES string of the molecule is CC(/C=C/C1=C(O)CCCC1(C)C)=C\C=C\C(C)=C\C(=O)O. The van der Waals surface area contributed by atoms with Crippen LogP contribution in [-0.4, -0.2) is 16.2 Å². The Morgan fingerprint density at radius 1 is 1.18 bits per heavy atom. The molecule has 0 amide bonds. The van der Waals surface area contributed by atoms with Crippen LogP contribution in [-0.2, 0) is 4.79 Å². The van der Waals surface area contributed by atoms with Crippen molar-refractivity contribution >= 4 is 5.97 Å². The van der Waals surface area contributed by atoms with E-state index < -0.39 is 5.97 Å². The normalized spacial score (nSPS) is 20.2. The van der Waals surface area contributed by atoms with Crippen molar-refractivity contribution in [2.24, 2.45) is 5.41 Å². The number of carboxylic acid groups (broad SMARTS) is 1. The van der Waals surface area contributed by atoms with E-state index in [0.717, 1.165) is 30.4 Å². The lowest BCUT2D eigenvalue weighted by Gasteiger charge is -2.31. The summed E-state index contributed by atoms with van der Waals surface area (Å²) in [5.41, 5.74) is 2.75. The highest BCUT2D eigenvalue weighted by Crippen LogP contribution is 2.40. The van der Waals surface area contributed by atoms with Crippen LogP contribution in [0.5, 0.6) is 0 Å². The van der Waals surface area contributed by atoms with Gasteiger partial charge >= 0.3 is 5.97 Å². The molecule has 0 fully saturated rings. The molecular formula is C19H26O3. The molecule has 0 bridgehead atoms. The molecule has 1 aliphatic carbocycles. The van der Waals surface area contributed by atoms with Crippen LogP contribution >= 0.6 is 0 Å². The quantitative estimate of drug-likeness (QED) is 0.549. The fraction of sp³-hybridized carbons (Fsp3) is 0.421. The Morgan fingerprint density at radius 3 is 2.45 bits per heavy atom. The van der Waals surface area contributed by atoms with Gasteiger partial charge in [0.2, 0.25) is 0 Å². The lowest BCUT2D eigenvalue weighted by Crippen LogP contribution is -2.19. The number of aliphatic carboxylic acids is 1. The molecule has 0 saturated carbocycles. The van der Waals surface area contributed by atoms with Gasteiger partial charge in [0.05, 0.1) is 5.76 Å². The fourth-order valence-corrected chi connectivity index (χ4v) is 2.54. The third kappa shape index (κ3) is 5.76. The highest BCUT2D eigenvalue weighted by atomic mass is 16.4. The van der Waals surface area contributed by atoms with Gasteiger partial charge in [0.25, 0.3) is 0 Å². The van der Waals surface area contributed by atoms with Crippen LogP contribution in [0.15, 0.2) is 58.9 Å². The summed E-state index contributed by atoms with van der Waals surface area (Å²) in [6.45, 7) is 8.03. The van der Waals surface area contributed by atoms with Gasteiger partial charge in [0.1, 0.15) is 0 Å². The van der Waals surface area contributed by atoms with Crippen molar-refractivity contribution in [2.45, 2.75) is 47.0 Å². The Bertz CT molecular complexity index is 569. The summed E-state index contributed by atoms with van der Waals surface area (Å²) in [5.74, 6) is -0.444. The molecule has 0 unspecified atom stereocenters. The molecular weight excluding hydrogens is 276 g/mol. The maximum Gasteiger partial charge on any atom is 0.328 e. The average molecular weight is 302 g/mol. The van der Waals surface area contributed by atoms with Gasteiger partial charge in [0, 0.05) is 12.5 Å². The molecule has 0 atom stereocenters. The van der Waals surface area contributed by atoms with Gasteiger partial charge in [-0.15, -0.1) is 0 Å². The summed E-state index contributed by atoms with van der Waals surface area (Å²) in [5, 5.41) is 18.7. The lowest BCUT2D eigenvalue weighted by atomic mass is 9.74. The number of aliphatic hydroxyl groups is 1. The molecule has 120 valence electrons. The minimum atomic E-state index is -0.940. The summed E-state index contributed by atoms with van der Waals surface area (Å²) in [7, 11) is 0. The number of hydrogen-bond donors (Lipinski definition) is 2. The second-order valence-corrected chi connectivity index (χ2v) is 6.43. The number of aliphatic hydroxyl groups excluding tert-OH is 1. The van der Waals surface area contributed by atoms with Gasteiger partial charge < -0.3 is 10.2 Å². The summed E-state index contributed by atoms with van der Waals surface area (Å²) < 4.78 is 0. The van der Waals surface area contributed by atoms with E-state index in [1.165, 1.54) is 6.08 Å². The van der Waals surface area contributed by atoms with E-state index >= 15 is 0 Å². The van der Waals surface area contributed by atoms with E-state index in [4.69, 9.17) is 5.11 Å². The highest BCUT2D eigenvalue weighted by molar-refractivity contribution is 5.81. The zero-order valence-electron chi connectivity index (χ0n) is 13.9. The van der Waals surface area contributed by atoms with Crippen LogP contribution in [0.4, 0.5) is 0 Å². The van der Waals surface area contributed by atoms with Crippen molar-refractivity contribution in [3.63, 3.8) is 0 Å². The molecule has 2 N–H and O–H groups in total. The highest BCUT2D eigenvalue weighted by Gasteiger charge is 2.28. The molecule has 22 heavy (non-hydrogen) atoms. The second-order valence-electron chi connectivity index (χ2n) is 6.43. The van der Waals surface area contributed by atoms with Crippen molar-refractivity contribution in [2.75, 3.05) is 0 Å². The van der Waals surface area contributed by atoms with Gasteiger partial charge in [-0.3, -0.25) is 0 Å². The van der Waals surface area contributed by atoms with Crippen molar-refractivity contribution in [3.8, 4) is 0 Å². The predicted molar refractivity (Wildman–Crippen MR) is 90.7 cm³/mol. The Balaban J connectivity index is 2.79. The van der Waals surface area contributed by atoms with Crippen LogP contribution in [0.25, 0.3) is 0 Å². The van der Waals surface area contributed by atoms with E-state index in [9.17, 15) is 9.90 Å². The molecule has 1 rings (SSSR count). The number of carboxylic acids is 1.